The Kier molecular flexibility index (Phi) is 5.05. The Labute approximate surface area is 180 Å². The fraction of sp³-hybridized carbons (Fsp3) is 0.391. The predicted octanol–water partition coefficient (Wildman–Crippen LogP) is 2.57. The minimum absolute atomic E-state index is 0.422. The molecule has 4 amide bonds. The molecule has 0 aromatic heterocycles. The highest BCUT2D eigenvalue weighted by Gasteiger charge is 2.50. The summed E-state index contributed by atoms with van der Waals surface area (Å²) >= 11 is 0. The topological polar surface area (TPSA) is 112 Å². The van der Waals surface area contributed by atoms with Crippen molar-refractivity contribution in [1.82, 2.24) is 15.5 Å². The van der Waals surface area contributed by atoms with Gasteiger partial charge in [-0.2, -0.15) is 5.26 Å². The van der Waals surface area contributed by atoms with Crippen LogP contribution in [0.2, 0.25) is 0 Å². The molecule has 1 saturated heterocycles. The first kappa shape index (κ1) is 20.7. The van der Waals surface area contributed by atoms with Crippen molar-refractivity contribution in [3.05, 3.63) is 42.0 Å². The zero-order valence-electron chi connectivity index (χ0n) is 17.5. The van der Waals surface area contributed by atoms with Gasteiger partial charge >= 0.3 is 6.03 Å². The van der Waals surface area contributed by atoms with Gasteiger partial charge in [-0.05, 0) is 67.1 Å². The first-order chi connectivity index (χ1) is 14.8. The van der Waals surface area contributed by atoms with Crippen LogP contribution in [0, 0.1) is 11.3 Å². The first-order valence-corrected chi connectivity index (χ1v) is 10.2. The maximum Gasteiger partial charge on any atom is 0.325 e. The van der Waals surface area contributed by atoms with Gasteiger partial charge in [0.05, 0.1) is 13.2 Å². The second kappa shape index (κ2) is 7.58. The van der Waals surface area contributed by atoms with E-state index >= 15 is 0 Å². The molecule has 2 aliphatic rings. The molecule has 0 bridgehead atoms. The first-order valence-electron chi connectivity index (χ1n) is 10.2. The molecule has 0 unspecified atom stereocenters. The van der Waals surface area contributed by atoms with Crippen molar-refractivity contribution in [3.8, 4) is 11.8 Å². The van der Waals surface area contributed by atoms with Gasteiger partial charge in [0.15, 0.2) is 0 Å². The van der Waals surface area contributed by atoms with Crippen molar-refractivity contribution < 1.29 is 19.1 Å². The summed E-state index contributed by atoms with van der Waals surface area (Å²) in [6.07, 6.45) is 2.88. The standard InChI is InChI=1S/C23H24N4O4/c1-22(17-7-5-16-12-18(31-2)8-6-15(16)11-17)20(29)27(21(30)26-22)13-19(28)25-23(14-24)9-3-4-10-23/h5-8,11-12H,3-4,9-10,13H2,1-2H3,(H,25,28)(H,26,30)/t22-/m0/s1. The molecule has 8 heteroatoms. The molecule has 0 spiro atoms. The van der Waals surface area contributed by atoms with E-state index in [0.717, 1.165) is 34.3 Å². The van der Waals surface area contributed by atoms with Crippen LogP contribution in [0.15, 0.2) is 36.4 Å². The summed E-state index contributed by atoms with van der Waals surface area (Å²) in [6.45, 7) is 1.21. The summed E-state index contributed by atoms with van der Waals surface area (Å²) in [4.78, 5) is 39.2. The van der Waals surface area contributed by atoms with Crippen molar-refractivity contribution in [2.24, 2.45) is 0 Å². The molecule has 2 fully saturated rings. The molecule has 1 heterocycles. The second-order valence-electron chi connectivity index (χ2n) is 8.32. The minimum atomic E-state index is -1.29. The van der Waals surface area contributed by atoms with E-state index in [1.807, 2.05) is 30.3 Å². The number of carbonyl (C=O) groups is 3. The van der Waals surface area contributed by atoms with Crippen LogP contribution >= 0.6 is 0 Å². The summed E-state index contributed by atoms with van der Waals surface area (Å²) < 4.78 is 5.24. The summed E-state index contributed by atoms with van der Waals surface area (Å²) in [7, 11) is 1.60. The Bertz CT molecular complexity index is 1120. The zero-order valence-corrected chi connectivity index (χ0v) is 17.5. The Morgan fingerprint density at radius 3 is 2.55 bits per heavy atom. The van der Waals surface area contributed by atoms with Crippen LogP contribution in [0.5, 0.6) is 5.75 Å². The second-order valence-corrected chi connectivity index (χ2v) is 8.32. The third kappa shape index (κ3) is 3.56. The number of benzene rings is 2. The number of nitrogens with one attached hydrogen (secondary N) is 2. The number of imide groups is 1. The van der Waals surface area contributed by atoms with Crippen LogP contribution in [0.1, 0.15) is 38.2 Å². The molecule has 160 valence electrons. The monoisotopic (exact) mass is 420 g/mol. The van der Waals surface area contributed by atoms with E-state index < -0.39 is 35.5 Å². The lowest BCUT2D eigenvalue weighted by Crippen LogP contribution is -2.50. The average molecular weight is 420 g/mol. The number of rotatable bonds is 5. The highest BCUT2D eigenvalue weighted by atomic mass is 16.5. The number of carbonyl (C=O) groups excluding carboxylic acids is 3. The van der Waals surface area contributed by atoms with Gasteiger partial charge in [-0.1, -0.05) is 18.2 Å². The fourth-order valence-electron chi connectivity index (χ4n) is 4.39. The minimum Gasteiger partial charge on any atom is -0.497 e. The third-order valence-corrected chi connectivity index (χ3v) is 6.25. The lowest BCUT2D eigenvalue weighted by molar-refractivity contribution is -0.135. The number of urea groups is 1. The number of hydrogen-bond donors (Lipinski definition) is 2. The van der Waals surface area contributed by atoms with Gasteiger partial charge in [0.2, 0.25) is 5.91 Å². The van der Waals surface area contributed by atoms with Crippen molar-refractivity contribution in [3.63, 3.8) is 0 Å². The molecule has 1 aliphatic heterocycles. The molecule has 1 aliphatic carbocycles. The van der Waals surface area contributed by atoms with E-state index in [4.69, 9.17) is 4.74 Å². The summed E-state index contributed by atoms with van der Waals surface area (Å²) in [5, 5.41) is 16.7. The largest absolute Gasteiger partial charge is 0.497 e. The van der Waals surface area contributed by atoms with E-state index in [1.165, 1.54) is 0 Å². The highest BCUT2D eigenvalue weighted by molar-refractivity contribution is 6.09. The Morgan fingerprint density at radius 2 is 1.87 bits per heavy atom. The maximum atomic E-state index is 13.2. The van der Waals surface area contributed by atoms with E-state index in [-0.39, 0.29) is 0 Å². The lowest BCUT2D eigenvalue weighted by atomic mass is 9.90. The van der Waals surface area contributed by atoms with Crippen molar-refractivity contribution >= 4 is 28.6 Å². The predicted molar refractivity (Wildman–Crippen MR) is 113 cm³/mol. The van der Waals surface area contributed by atoms with Crippen LogP contribution in [-0.2, 0) is 15.1 Å². The Morgan fingerprint density at radius 1 is 1.19 bits per heavy atom. The van der Waals surface area contributed by atoms with Gasteiger partial charge in [0.25, 0.3) is 5.91 Å². The van der Waals surface area contributed by atoms with E-state index in [9.17, 15) is 19.6 Å². The number of hydrogen-bond acceptors (Lipinski definition) is 5. The van der Waals surface area contributed by atoms with Crippen LogP contribution in [-0.4, -0.2) is 41.9 Å². The molecule has 2 aromatic carbocycles. The van der Waals surface area contributed by atoms with Gasteiger partial charge in [0, 0.05) is 0 Å². The van der Waals surface area contributed by atoms with Crippen molar-refractivity contribution in [1.29, 1.82) is 5.26 Å². The van der Waals surface area contributed by atoms with E-state index in [1.54, 1.807) is 20.1 Å². The number of nitriles is 1. The zero-order chi connectivity index (χ0) is 22.2. The Balaban J connectivity index is 1.55. The smallest absolute Gasteiger partial charge is 0.325 e. The van der Waals surface area contributed by atoms with E-state index in [0.29, 0.717) is 18.4 Å². The van der Waals surface area contributed by atoms with Crippen LogP contribution in [0.4, 0.5) is 4.79 Å². The van der Waals surface area contributed by atoms with E-state index in [2.05, 4.69) is 16.7 Å². The molecule has 1 saturated carbocycles. The summed E-state index contributed by atoms with van der Waals surface area (Å²) in [5.74, 6) is -0.286. The van der Waals surface area contributed by atoms with Gasteiger partial charge in [-0.3, -0.25) is 14.5 Å². The number of amides is 4. The van der Waals surface area contributed by atoms with Crippen LogP contribution < -0.4 is 15.4 Å². The van der Waals surface area contributed by atoms with Crippen LogP contribution in [0.3, 0.4) is 0 Å². The quantitative estimate of drug-likeness (QED) is 0.722. The average Bonchev–Trinajstić information content (AvgIpc) is 3.32. The normalized spacial score (nSPS) is 22.3. The number of methoxy groups -OCH3 is 1. The molecule has 2 N–H and O–H groups in total. The SMILES string of the molecule is COc1ccc2cc([C@]3(C)NC(=O)N(CC(=O)NC4(C#N)CCCC4)C3=O)ccc2c1. The number of nitrogens with zero attached hydrogens (tertiary/aromatic N) is 2. The third-order valence-electron chi connectivity index (χ3n) is 6.25. The lowest BCUT2D eigenvalue weighted by Gasteiger charge is -2.24. The van der Waals surface area contributed by atoms with Crippen molar-refractivity contribution in [2.45, 2.75) is 43.7 Å². The van der Waals surface area contributed by atoms with Crippen molar-refractivity contribution in [2.75, 3.05) is 13.7 Å². The highest BCUT2D eigenvalue weighted by Crippen LogP contribution is 2.32. The molecule has 8 nitrogen and oxygen atoms in total. The number of ether oxygens (including phenoxy) is 1. The van der Waals surface area contributed by atoms with Gasteiger partial charge in [-0.15, -0.1) is 0 Å². The molecule has 4 rings (SSSR count). The Hall–Kier alpha value is -3.60. The molecular formula is C23H24N4O4. The molecule has 0 radical (unpaired) electrons. The number of fused-ring (bicyclic) bond motifs is 1. The summed E-state index contributed by atoms with van der Waals surface area (Å²) in [5.41, 5.74) is -1.57. The molecular weight excluding hydrogens is 396 g/mol. The molecule has 2 aromatic rings. The van der Waals surface area contributed by atoms with Crippen LogP contribution in [0.25, 0.3) is 10.8 Å². The fourth-order valence-corrected chi connectivity index (χ4v) is 4.39. The molecule has 1 atom stereocenters. The van der Waals surface area contributed by atoms with Gasteiger partial charge < -0.3 is 15.4 Å². The molecule has 31 heavy (non-hydrogen) atoms. The summed E-state index contributed by atoms with van der Waals surface area (Å²) in [6, 6.07) is 12.6. The van der Waals surface area contributed by atoms with Gasteiger partial charge in [-0.25, -0.2) is 4.79 Å². The van der Waals surface area contributed by atoms with Gasteiger partial charge in [0.1, 0.15) is 23.4 Å². The maximum absolute atomic E-state index is 13.2.